The lowest BCUT2D eigenvalue weighted by molar-refractivity contribution is -0.116. The van der Waals surface area contributed by atoms with Gasteiger partial charge in [0.2, 0.25) is 11.8 Å². The van der Waals surface area contributed by atoms with Crippen molar-refractivity contribution in [1.29, 1.82) is 0 Å². The number of hydrogen-bond donors (Lipinski definition) is 6. The molecule has 0 aliphatic carbocycles. The molecular weight excluding hydrogens is 376 g/mol. The summed E-state index contributed by atoms with van der Waals surface area (Å²) >= 11 is 0. The Bertz CT molecular complexity index is 821. The molecule has 6 N–H and O–H groups in total. The van der Waals surface area contributed by atoms with Gasteiger partial charge in [0.1, 0.15) is 23.0 Å². The van der Waals surface area contributed by atoms with Gasteiger partial charge in [-0.3, -0.25) is 9.59 Å². The van der Waals surface area contributed by atoms with Gasteiger partial charge in [0.15, 0.2) is 0 Å². The summed E-state index contributed by atoms with van der Waals surface area (Å²) < 4.78 is 0. The number of aromatic hydroxyl groups is 4. The van der Waals surface area contributed by atoms with E-state index in [-0.39, 0.29) is 34.8 Å². The molecule has 0 spiro atoms. The molecule has 2 rings (SSSR count). The second-order valence-corrected chi connectivity index (χ2v) is 6.17. The molecule has 29 heavy (non-hydrogen) atoms. The fraction of sp³-hybridized carbons (Fsp3) is 0.143. The van der Waals surface area contributed by atoms with Gasteiger partial charge in [-0.25, -0.2) is 0 Å². The topological polar surface area (TPSA) is 139 Å². The molecule has 0 bridgehead atoms. The summed E-state index contributed by atoms with van der Waals surface area (Å²) in [5.41, 5.74) is 0.966. The highest BCUT2D eigenvalue weighted by Crippen LogP contribution is 2.21. The van der Waals surface area contributed by atoms with Gasteiger partial charge < -0.3 is 31.1 Å². The highest BCUT2D eigenvalue weighted by atomic mass is 16.3. The van der Waals surface area contributed by atoms with E-state index in [9.17, 15) is 30.0 Å². The van der Waals surface area contributed by atoms with Crippen LogP contribution in [0.5, 0.6) is 23.0 Å². The first kappa shape index (κ1) is 21.4. The largest absolute Gasteiger partial charge is 0.508 e. The molecule has 0 saturated carbocycles. The predicted octanol–water partition coefficient (Wildman–Crippen LogP) is 1.86. The summed E-state index contributed by atoms with van der Waals surface area (Å²) in [5, 5.41) is 42.8. The van der Waals surface area contributed by atoms with E-state index in [1.165, 1.54) is 60.7 Å². The lowest BCUT2D eigenvalue weighted by Crippen LogP contribution is -2.28. The third kappa shape index (κ3) is 8.08. The van der Waals surface area contributed by atoms with E-state index in [0.29, 0.717) is 30.6 Å². The maximum absolute atomic E-state index is 11.7. The molecule has 0 aliphatic heterocycles. The smallest absolute Gasteiger partial charge is 0.244 e. The third-order valence-corrected chi connectivity index (χ3v) is 3.66. The molecule has 2 amide bonds. The normalized spacial score (nSPS) is 11.0. The summed E-state index contributed by atoms with van der Waals surface area (Å²) in [6.07, 6.45) is 5.99. The lowest BCUT2D eigenvalue weighted by atomic mass is 10.2. The molecule has 0 fully saturated rings. The van der Waals surface area contributed by atoms with Crippen molar-refractivity contribution >= 4 is 24.0 Å². The second-order valence-electron chi connectivity index (χ2n) is 6.17. The number of carbonyl (C=O) groups excluding carboxylic acids is 2. The molecule has 0 unspecified atom stereocenters. The zero-order chi connectivity index (χ0) is 21.2. The number of carbonyl (C=O) groups is 2. The monoisotopic (exact) mass is 398 g/mol. The first-order chi connectivity index (χ1) is 13.8. The number of hydrogen-bond acceptors (Lipinski definition) is 6. The summed E-state index contributed by atoms with van der Waals surface area (Å²) in [6, 6.07) is 8.01. The molecule has 0 radical (unpaired) electrons. The summed E-state index contributed by atoms with van der Waals surface area (Å²) in [5.74, 6) is -1.09. The Labute approximate surface area is 167 Å². The van der Waals surface area contributed by atoms with Crippen LogP contribution < -0.4 is 10.6 Å². The van der Waals surface area contributed by atoms with E-state index in [0.717, 1.165) is 0 Å². The van der Waals surface area contributed by atoms with Crippen LogP contribution in [0.3, 0.4) is 0 Å². The van der Waals surface area contributed by atoms with Crippen LogP contribution in [-0.2, 0) is 9.59 Å². The summed E-state index contributed by atoms with van der Waals surface area (Å²) in [6.45, 7) is 0.692. The van der Waals surface area contributed by atoms with Crippen molar-refractivity contribution in [2.75, 3.05) is 13.1 Å². The Balaban J connectivity index is 1.67. The van der Waals surface area contributed by atoms with Crippen LogP contribution in [-0.4, -0.2) is 45.3 Å². The molecule has 0 heterocycles. The first-order valence-electron chi connectivity index (χ1n) is 8.80. The highest BCUT2D eigenvalue weighted by molar-refractivity contribution is 5.92. The van der Waals surface area contributed by atoms with Crippen molar-refractivity contribution in [3.8, 4) is 23.0 Å². The fourth-order valence-electron chi connectivity index (χ4n) is 2.40. The Morgan fingerprint density at radius 1 is 0.655 bits per heavy atom. The van der Waals surface area contributed by atoms with E-state index >= 15 is 0 Å². The molecule has 0 saturated heterocycles. The predicted molar refractivity (Wildman–Crippen MR) is 108 cm³/mol. The van der Waals surface area contributed by atoms with Crippen LogP contribution >= 0.6 is 0 Å². The average Bonchev–Trinajstić information content (AvgIpc) is 2.63. The van der Waals surface area contributed by atoms with E-state index in [4.69, 9.17) is 0 Å². The van der Waals surface area contributed by atoms with E-state index in [1.807, 2.05) is 0 Å². The Kier molecular flexibility index (Phi) is 7.67. The molecule has 152 valence electrons. The zero-order valence-electron chi connectivity index (χ0n) is 15.5. The molecule has 2 aromatic rings. The van der Waals surface area contributed by atoms with Crippen molar-refractivity contribution in [2.24, 2.45) is 0 Å². The van der Waals surface area contributed by atoms with Crippen molar-refractivity contribution < 1.29 is 30.0 Å². The van der Waals surface area contributed by atoms with Gasteiger partial charge in [-0.2, -0.15) is 0 Å². The lowest BCUT2D eigenvalue weighted by Gasteiger charge is -2.04. The van der Waals surface area contributed by atoms with Crippen molar-refractivity contribution in [3.63, 3.8) is 0 Å². The number of rotatable bonds is 8. The minimum absolute atomic E-state index is 0.101. The van der Waals surface area contributed by atoms with Crippen molar-refractivity contribution in [3.05, 3.63) is 59.7 Å². The SMILES string of the molecule is O=C(C=Cc1cc(O)cc(O)c1)NCCCNC(=O)C=Cc1cc(O)cc(O)c1. The van der Waals surface area contributed by atoms with Crippen LogP contribution in [0.1, 0.15) is 17.5 Å². The van der Waals surface area contributed by atoms with Crippen LogP contribution in [0.25, 0.3) is 12.2 Å². The van der Waals surface area contributed by atoms with Gasteiger partial charge in [-0.05, 0) is 54.0 Å². The van der Waals surface area contributed by atoms with Crippen molar-refractivity contribution in [2.45, 2.75) is 6.42 Å². The second kappa shape index (κ2) is 10.4. The maximum Gasteiger partial charge on any atom is 0.244 e. The number of amides is 2. The van der Waals surface area contributed by atoms with E-state index in [1.54, 1.807) is 0 Å². The number of phenols is 4. The van der Waals surface area contributed by atoms with Gasteiger partial charge in [-0.1, -0.05) is 0 Å². The molecular formula is C21H22N2O6. The average molecular weight is 398 g/mol. The van der Waals surface area contributed by atoms with Gasteiger partial charge in [-0.15, -0.1) is 0 Å². The number of phenolic OH excluding ortho intramolecular Hbond substituents is 4. The van der Waals surface area contributed by atoms with Gasteiger partial charge in [0.05, 0.1) is 0 Å². The fourth-order valence-corrected chi connectivity index (χ4v) is 2.40. The molecule has 0 atom stereocenters. The van der Waals surface area contributed by atoms with Crippen LogP contribution in [0.15, 0.2) is 48.6 Å². The van der Waals surface area contributed by atoms with Crippen LogP contribution in [0.2, 0.25) is 0 Å². The summed E-state index contributed by atoms with van der Waals surface area (Å²) in [7, 11) is 0. The summed E-state index contributed by atoms with van der Waals surface area (Å²) in [4.78, 5) is 23.5. The number of benzene rings is 2. The first-order valence-corrected chi connectivity index (χ1v) is 8.80. The standard InChI is InChI=1S/C21H22N2O6/c24-16-8-14(9-17(25)12-16)2-4-20(28)22-6-1-7-23-21(29)5-3-15-10-18(26)13-19(27)11-15/h2-5,8-13,24-27H,1,6-7H2,(H,22,28)(H,23,29). The van der Waals surface area contributed by atoms with Gasteiger partial charge in [0.25, 0.3) is 0 Å². The van der Waals surface area contributed by atoms with E-state index in [2.05, 4.69) is 10.6 Å². The highest BCUT2D eigenvalue weighted by Gasteiger charge is 2.00. The Morgan fingerprint density at radius 3 is 1.34 bits per heavy atom. The Morgan fingerprint density at radius 2 is 1.00 bits per heavy atom. The van der Waals surface area contributed by atoms with Crippen LogP contribution in [0.4, 0.5) is 0 Å². The Hall–Kier alpha value is -3.94. The number of nitrogens with one attached hydrogen (secondary N) is 2. The van der Waals surface area contributed by atoms with Gasteiger partial charge in [0, 0.05) is 37.4 Å². The minimum atomic E-state index is -0.345. The molecule has 2 aromatic carbocycles. The zero-order valence-corrected chi connectivity index (χ0v) is 15.5. The van der Waals surface area contributed by atoms with Crippen LogP contribution in [0, 0.1) is 0 Å². The molecule has 8 nitrogen and oxygen atoms in total. The quantitative estimate of drug-likeness (QED) is 0.296. The molecule has 8 heteroatoms. The van der Waals surface area contributed by atoms with Crippen molar-refractivity contribution in [1.82, 2.24) is 10.6 Å². The molecule has 0 aliphatic rings. The van der Waals surface area contributed by atoms with E-state index < -0.39 is 0 Å². The van der Waals surface area contributed by atoms with Gasteiger partial charge >= 0.3 is 0 Å². The minimum Gasteiger partial charge on any atom is -0.508 e. The third-order valence-electron chi connectivity index (χ3n) is 3.66. The molecule has 0 aromatic heterocycles. The maximum atomic E-state index is 11.7.